The summed E-state index contributed by atoms with van der Waals surface area (Å²) in [6.07, 6.45) is -4.64. The van der Waals surface area contributed by atoms with Crippen LogP contribution in [0.15, 0.2) is 36.4 Å². The van der Waals surface area contributed by atoms with Crippen LogP contribution in [0.2, 0.25) is 0 Å². The highest BCUT2D eigenvalue weighted by atomic mass is 19.3. The van der Waals surface area contributed by atoms with Crippen LogP contribution in [0.5, 0.6) is 23.0 Å². The third-order valence-corrected chi connectivity index (χ3v) is 4.34. The predicted molar refractivity (Wildman–Crippen MR) is 107 cm³/mol. The van der Waals surface area contributed by atoms with Gasteiger partial charge in [0.25, 0.3) is 11.8 Å². The smallest absolute Gasteiger partial charge is 0.484 e. The van der Waals surface area contributed by atoms with Gasteiger partial charge in [0.05, 0.1) is 6.10 Å². The van der Waals surface area contributed by atoms with Crippen LogP contribution in [0.25, 0.3) is 0 Å². The topological polar surface area (TPSA) is 115 Å². The highest BCUT2D eigenvalue weighted by Gasteiger charge is 2.43. The van der Waals surface area contributed by atoms with Crippen LogP contribution >= 0.6 is 0 Å². The second-order valence-corrected chi connectivity index (χ2v) is 7.03. The van der Waals surface area contributed by atoms with Crippen molar-refractivity contribution in [2.45, 2.75) is 18.8 Å². The fourth-order valence-electron chi connectivity index (χ4n) is 2.70. The number of ether oxygens (including phenoxy) is 4. The molecule has 0 saturated heterocycles. The van der Waals surface area contributed by atoms with E-state index in [1.54, 1.807) is 0 Å². The lowest BCUT2D eigenvalue weighted by Crippen LogP contribution is -2.37. The van der Waals surface area contributed by atoms with E-state index in [0.29, 0.717) is 0 Å². The number of rotatable bonds is 11. The maximum absolute atomic E-state index is 13.1. The number of hydrogen-bond donors (Lipinski definition) is 3. The highest BCUT2D eigenvalue weighted by Crippen LogP contribution is 2.42. The monoisotopic (exact) mass is 488 g/mol. The molecule has 0 spiro atoms. The fraction of sp³-hybridized carbons (Fsp3) is 0.333. The Morgan fingerprint density at radius 1 is 0.912 bits per heavy atom. The van der Waals surface area contributed by atoms with Crippen molar-refractivity contribution in [1.82, 2.24) is 10.6 Å². The Labute approximate surface area is 190 Å². The summed E-state index contributed by atoms with van der Waals surface area (Å²) in [5.41, 5.74) is 0. The number of alkyl halides is 2. The molecule has 13 heteroatoms. The van der Waals surface area contributed by atoms with Gasteiger partial charge in [-0.2, -0.15) is 0 Å². The zero-order chi connectivity index (χ0) is 24.7. The maximum Gasteiger partial charge on any atom is 0.586 e. The zero-order valence-corrected chi connectivity index (χ0v) is 17.5. The normalized spacial score (nSPS) is 14.3. The SMILES string of the molecule is O=C(COc1ccc(F)c(F)c1)NCCC(O)CNC(=O)COc1ccc2c(c1)OC(F)(F)O2. The number of amides is 2. The number of aliphatic hydroxyl groups is 1. The average molecular weight is 488 g/mol. The van der Waals surface area contributed by atoms with Crippen molar-refractivity contribution in [1.29, 1.82) is 0 Å². The van der Waals surface area contributed by atoms with Crippen molar-refractivity contribution in [3.05, 3.63) is 48.0 Å². The second-order valence-electron chi connectivity index (χ2n) is 7.03. The van der Waals surface area contributed by atoms with Gasteiger partial charge >= 0.3 is 6.29 Å². The van der Waals surface area contributed by atoms with Crippen molar-refractivity contribution < 1.29 is 51.2 Å². The Hall–Kier alpha value is -3.74. The maximum atomic E-state index is 13.1. The molecule has 184 valence electrons. The van der Waals surface area contributed by atoms with Gasteiger partial charge < -0.3 is 34.7 Å². The van der Waals surface area contributed by atoms with Crippen LogP contribution in [0, 0.1) is 11.6 Å². The van der Waals surface area contributed by atoms with Gasteiger partial charge in [-0.1, -0.05) is 0 Å². The summed E-state index contributed by atoms with van der Waals surface area (Å²) in [6.45, 7) is -0.945. The number of aliphatic hydroxyl groups excluding tert-OH is 1. The largest absolute Gasteiger partial charge is 0.586 e. The molecule has 2 aromatic carbocycles. The van der Waals surface area contributed by atoms with Gasteiger partial charge in [-0.25, -0.2) is 8.78 Å². The van der Waals surface area contributed by atoms with E-state index in [0.717, 1.165) is 18.2 Å². The Bertz CT molecular complexity index is 1040. The van der Waals surface area contributed by atoms with Crippen molar-refractivity contribution in [3.8, 4) is 23.0 Å². The molecular formula is C21H20F4N2O7. The first-order chi connectivity index (χ1) is 16.1. The summed E-state index contributed by atoms with van der Waals surface area (Å²) in [6, 6.07) is 6.54. The lowest BCUT2D eigenvalue weighted by atomic mass is 10.2. The molecule has 34 heavy (non-hydrogen) atoms. The van der Waals surface area contributed by atoms with E-state index in [9.17, 15) is 32.3 Å². The minimum atomic E-state index is -3.76. The Kier molecular flexibility index (Phi) is 7.99. The highest BCUT2D eigenvalue weighted by molar-refractivity contribution is 5.78. The Morgan fingerprint density at radius 2 is 1.53 bits per heavy atom. The number of fused-ring (bicyclic) bond motifs is 1. The van der Waals surface area contributed by atoms with Gasteiger partial charge in [0.15, 0.2) is 36.3 Å². The molecule has 0 aliphatic carbocycles. The van der Waals surface area contributed by atoms with Gasteiger partial charge in [-0.3, -0.25) is 9.59 Å². The van der Waals surface area contributed by atoms with Crippen molar-refractivity contribution in [3.63, 3.8) is 0 Å². The molecule has 0 saturated carbocycles. The number of hydrogen-bond acceptors (Lipinski definition) is 7. The van der Waals surface area contributed by atoms with Crippen LogP contribution in [-0.4, -0.2) is 55.6 Å². The van der Waals surface area contributed by atoms with E-state index in [1.807, 2.05) is 0 Å². The number of carbonyl (C=O) groups is 2. The standard InChI is InChI=1S/C21H20F4N2O7/c22-15-3-1-13(7-16(15)23)31-10-19(29)26-6-5-12(28)9-27-20(30)11-32-14-2-4-17-18(8-14)34-21(24,25)33-17/h1-4,7-8,12,28H,5-6,9-11H2,(H,26,29)(H,27,30). The Balaban J connectivity index is 1.27. The van der Waals surface area contributed by atoms with E-state index in [1.165, 1.54) is 18.2 Å². The van der Waals surface area contributed by atoms with Gasteiger partial charge in [0.1, 0.15) is 11.5 Å². The molecule has 9 nitrogen and oxygen atoms in total. The molecule has 1 heterocycles. The van der Waals surface area contributed by atoms with Crippen LogP contribution < -0.4 is 29.6 Å². The summed E-state index contributed by atoms with van der Waals surface area (Å²) in [5.74, 6) is -3.56. The summed E-state index contributed by atoms with van der Waals surface area (Å²) < 4.78 is 70.7. The summed E-state index contributed by atoms with van der Waals surface area (Å²) >= 11 is 0. The van der Waals surface area contributed by atoms with Gasteiger partial charge in [0.2, 0.25) is 0 Å². The lowest BCUT2D eigenvalue weighted by molar-refractivity contribution is -0.286. The number of halogens is 4. The molecule has 3 N–H and O–H groups in total. The summed E-state index contributed by atoms with van der Waals surface area (Å²) in [4.78, 5) is 23.6. The van der Waals surface area contributed by atoms with Gasteiger partial charge in [-0.15, -0.1) is 8.78 Å². The number of benzene rings is 2. The minimum absolute atomic E-state index is 0.0160. The van der Waals surface area contributed by atoms with Crippen molar-refractivity contribution >= 4 is 11.8 Å². The first kappa shape index (κ1) is 24.9. The molecular weight excluding hydrogens is 468 g/mol. The number of carbonyl (C=O) groups excluding carboxylic acids is 2. The van der Waals surface area contributed by atoms with Crippen LogP contribution in [0.4, 0.5) is 17.6 Å². The molecule has 0 radical (unpaired) electrons. The Morgan fingerprint density at radius 3 is 2.24 bits per heavy atom. The minimum Gasteiger partial charge on any atom is -0.484 e. The van der Waals surface area contributed by atoms with E-state index < -0.39 is 49.1 Å². The molecule has 1 aliphatic heterocycles. The summed E-state index contributed by atoms with van der Waals surface area (Å²) in [7, 11) is 0. The first-order valence-electron chi connectivity index (χ1n) is 9.93. The van der Waals surface area contributed by atoms with E-state index >= 15 is 0 Å². The van der Waals surface area contributed by atoms with Crippen LogP contribution in [0.1, 0.15) is 6.42 Å². The van der Waals surface area contributed by atoms with Crippen LogP contribution in [0.3, 0.4) is 0 Å². The van der Waals surface area contributed by atoms with Crippen molar-refractivity contribution in [2.24, 2.45) is 0 Å². The molecule has 0 fully saturated rings. The van der Waals surface area contributed by atoms with E-state index in [4.69, 9.17) is 9.47 Å². The van der Waals surface area contributed by atoms with Crippen LogP contribution in [-0.2, 0) is 9.59 Å². The summed E-state index contributed by atoms with van der Waals surface area (Å²) in [5, 5.41) is 14.8. The van der Waals surface area contributed by atoms with Gasteiger partial charge in [-0.05, 0) is 30.7 Å². The second kappa shape index (κ2) is 10.9. The fourth-order valence-corrected chi connectivity index (χ4v) is 2.70. The quantitative estimate of drug-likeness (QED) is 0.413. The molecule has 3 rings (SSSR count). The van der Waals surface area contributed by atoms with Gasteiger partial charge in [0, 0.05) is 25.2 Å². The predicted octanol–water partition coefficient (Wildman–Crippen LogP) is 1.73. The first-order valence-corrected chi connectivity index (χ1v) is 9.93. The van der Waals surface area contributed by atoms with Crippen molar-refractivity contribution in [2.75, 3.05) is 26.3 Å². The molecule has 0 aromatic heterocycles. The third kappa shape index (κ3) is 7.40. The molecule has 2 amide bonds. The zero-order valence-electron chi connectivity index (χ0n) is 17.5. The molecule has 2 aromatic rings. The average Bonchev–Trinajstić information content (AvgIpc) is 3.10. The molecule has 1 unspecified atom stereocenters. The molecule has 1 atom stereocenters. The number of nitrogens with one attached hydrogen (secondary N) is 2. The van der Waals surface area contributed by atoms with E-state index in [2.05, 4.69) is 20.1 Å². The molecule has 1 aliphatic rings. The van der Waals surface area contributed by atoms with E-state index in [-0.39, 0.29) is 42.5 Å². The lowest BCUT2D eigenvalue weighted by Gasteiger charge is -2.13. The third-order valence-electron chi connectivity index (χ3n) is 4.34. The molecule has 0 bridgehead atoms.